The number of rotatable bonds is 2. The molecule has 2 rings (SSSR count). The van der Waals surface area contributed by atoms with Gasteiger partial charge in [-0.25, -0.2) is 9.97 Å². The lowest BCUT2D eigenvalue weighted by atomic mass is 10.1. The third-order valence-electron chi connectivity index (χ3n) is 2.80. The topological polar surface area (TPSA) is 29.0 Å². The van der Waals surface area contributed by atoms with Gasteiger partial charge in [0.15, 0.2) is 11.0 Å². The molecule has 0 bridgehead atoms. The first-order chi connectivity index (χ1) is 6.81. The Hall–Kier alpha value is -0.830. The zero-order valence-corrected chi connectivity index (χ0v) is 9.04. The van der Waals surface area contributed by atoms with Crippen molar-refractivity contribution in [2.45, 2.75) is 19.8 Å². The summed E-state index contributed by atoms with van der Waals surface area (Å²) >= 11 is 5.98. The van der Waals surface area contributed by atoms with Crippen LogP contribution in [0.1, 0.15) is 19.8 Å². The normalized spacial score (nSPS) is 21.6. The molecule has 1 aliphatic heterocycles. The lowest BCUT2D eigenvalue weighted by Gasteiger charge is -2.17. The highest BCUT2D eigenvalue weighted by Crippen LogP contribution is 2.27. The van der Waals surface area contributed by atoms with Crippen molar-refractivity contribution in [3.05, 3.63) is 17.5 Å². The van der Waals surface area contributed by atoms with Gasteiger partial charge in [-0.15, -0.1) is 0 Å². The summed E-state index contributed by atoms with van der Waals surface area (Å²) in [7, 11) is 0. The number of nitrogens with zero attached hydrogens (tertiary/aromatic N) is 3. The summed E-state index contributed by atoms with van der Waals surface area (Å²) in [6.45, 7) is 4.35. The predicted octanol–water partition coefficient (Wildman–Crippen LogP) is 2.37. The molecule has 14 heavy (non-hydrogen) atoms. The molecule has 1 aliphatic rings. The summed E-state index contributed by atoms with van der Waals surface area (Å²) in [5.74, 6) is 1.62. The van der Waals surface area contributed by atoms with Crippen LogP contribution < -0.4 is 4.90 Å². The fourth-order valence-electron chi connectivity index (χ4n) is 1.88. The van der Waals surface area contributed by atoms with Crippen LogP contribution in [0.5, 0.6) is 0 Å². The van der Waals surface area contributed by atoms with Crippen LogP contribution in [0, 0.1) is 5.92 Å². The van der Waals surface area contributed by atoms with Crippen molar-refractivity contribution >= 4 is 17.4 Å². The molecule has 0 amide bonds. The summed E-state index contributed by atoms with van der Waals surface area (Å²) in [5, 5.41) is 0.518. The fraction of sp³-hybridized carbons (Fsp3) is 0.600. The van der Waals surface area contributed by atoms with Crippen LogP contribution >= 0.6 is 11.6 Å². The Bertz CT molecular complexity index is 316. The van der Waals surface area contributed by atoms with Crippen molar-refractivity contribution in [1.82, 2.24) is 9.97 Å². The van der Waals surface area contributed by atoms with Crippen LogP contribution in [0.15, 0.2) is 12.4 Å². The molecular weight excluding hydrogens is 198 g/mol. The smallest absolute Gasteiger partial charge is 0.171 e. The van der Waals surface area contributed by atoms with Gasteiger partial charge in [0.2, 0.25) is 0 Å². The molecule has 1 saturated heterocycles. The summed E-state index contributed by atoms with van der Waals surface area (Å²) in [4.78, 5) is 10.5. The molecule has 76 valence electrons. The zero-order valence-electron chi connectivity index (χ0n) is 8.28. The molecule has 0 spiro atoms. The minimum atomic E-state index is 0.518. The zero-order chi connectivity index (χ0) is 9.97. The Labute approximate surface area is 89.1 Å². The number of hydrogen-bond donors (Lipinski definition) is 0. The van der Waals surface area contributed by atoms with Gasteiger partial charge in [0.1, 0.15) is 0 Å². The Balaban J connectivity index is 2.13. The second kappa shape index (κ2) is 4.13. The molecular formula is C10H14ClN3. The lowest BCUT2D eigenvalue weighted by molar-refractivity contribution is 0.568. The van der Waals surface area contributed by atoms with Crippen LogP contribution in [0.25, 0.3) is 0 Å². The van der Waals surface area contributed by atoms with E-state index < -0.39 is 0 Å². The van der Waals surface area contributed by atoms with Gasteiger partial charge < -0.3 is 4.90 Å². The van der Waals surface area contributed by atoms with E-state index in [1.54, 1.807) is 12.4 Å². The second-order valence-corrected chi connectivity index (χ2v) is 4.04. The van der Waals surface area contributed by atoms with Gasteiger partial charge in [-0.3, -0.25) is 0 Å². The molecule has 3 nitrogen and oxygen atoms in total. The SMILES string of the molecule is CCC1CCN(c2nccnc2Cl)C1. The average molecular weight is 212 g/mol. The predicted molar refractivity (Wildman–Crippen MR) is 57.7 cm³/mol. The summed E-state index contributed by atoms with van der Waals surface area (Å²) in [5.41, 5.74) is 0. The second-order valence-electron chi connectivity index (χ2n) is 3.68. The van der Waals surface area contributed by atoms with E-state index in [0.717, 1.165) is 24.8 Å². The Kier molecular flexibility index (Phi) is 2.87. The first-order valence-corrected chi connectivity index (χ1v) is 5.40. The van der Waals surface area contributed by atoms with Crippen LogP contribution in [0.4, 0.5) is 5.82 Å². The van der Waals surface area contributed by atoms with Gasteiger partial charge in [-0.2, -0.15) is 0 Å². The van der Waals surface area contributed by atoms with E-state index in [1.165, 1.54) is 12.8 Å². The third kappa shape index (κ3) is 1.82. The lowest BCUT2D eigenvalue weighted by Crippen LogP contribution is -2.21. The molecule has 0 radical (unpaired) electrons. The highest BCUT2D eigenvalue weighted by atomic mass is 35.5. The molecule has 1 aromatic rings. The van der Waals surface area contributed by atoms with Gasteiger partial charge in [-0.05, 0) is 12.3 Å². The highest BCUT2D eigenvalue weighted by Gasteiger charge is 2.23. The van der Waals surface area contributed by atoms with Gasteiger partial charge in [-0.1, -0.05) is 24.9 Å². The molecule has 0 aliphatic carbocycles. The average Bonchev–Trinajstić information content (AvgIpc) is 2.67. The monoisotopic (exact) mass is 211 g/mol. The first-order valence-electron chi connectivity index (χ1n) is 5.02. The summed E-state index contributed by atoms with van der Waals surface area (Å²) in [6, 6.07) is 0. The molecule has 0 saturated carbocycles. The van der Waals surface area contributed by atoms with Crippen molar-refractivity contribution in [1.29, 1.82) is 0 Å². The van der Waals surface area contributed by atoms with E-state index in [2.05, 4.69) is 21.8 Å². The minimum absolute atomic E-state index is 0.518. The molecule has 1 atom stereocenters. The maximum absolute atomic E-state index is 5.98. The highest BCUT2D eigenvalue weighted by molar-refractivity contribution is 6.31. The molecule has 1 fully saturated rings. The van der Waals surface area contributed by atoms with E-state index in [9.17, 15) is 0 Å². The quantitative estimate of drug-likeness (QED) is 0.752. The van der Waals surface area contributed by atoms with Crippen molar-refractivity contribution in [2.75, 3.05) is 18.0 Å². The van der Waals surface area contributed by atoms with Gasteiger partial charge in [0.05, 0.1) is 0 Å². The summed E-state index contributed by atoms with van der Waals surface area (Å²) < 4.78 is 0. The Morgan fingerprint density at radius 2 is 2.29 bits per heavy atom. The van der Waals surface area contributed by atoms with Crippen molar-refractivity contribution < 1.29 is 0 Å². The molecule has 2 heterocycles. The molecule has 1 aromatic heterocycles. The number of aromatic nitrogens is 2. The third-order valence-corrected chi connectivity index (χ3v) is 3.07. The van der Waals surface area contributed by atoms with Crippen LogP contribution in [0.3, 0.4) is 0 Å². The number of hydrogen-bond acceptors (Lipinski definition) is 3. The maximum atomic E-state index is 5.98. The van der Waals surface area contributed by atoms with E-state index in [4.69, 9.17) is 11.6 Å². The van der Waals surface area contributed by atoms with E-state index in [1.807, 2.05) is 0 Å². The van der Waals surface area contributed by atoms with Gasteiger partial charge in [0.25, 0.3) is 0 Å². The van der Waals surface area contributed by atoms with Crippen LogP contribution in [0.2, 0.25) is 5.15 Å². The number of anilines is 1. The van der Waals surface area contributed by atoms with Crippen molar-refractivity contribution in [2.24, 2.45) is 5.92 Å². The van der Waals surface area contributed by atoms with E-state index >= 15 is 0 Å². The van der Waals surface area contributed by atoms with E-state index in [0.29, 0.717) is 5.15 Å². The fourth-order valence-corrected chi connectivity index (χ4v) is 2.11. The van der Waals surface area contributed by atoms with E-state index in [-0.39, 0.29) is 0 Å². The van der Waals surface area contributed by atoms with Crippen LogP contribution in [-0.4, -0.2) is 23.1 Å². The first kappa shape index (κ1) is 9.71. The van der Waals surface area contributed by atoms with Crippen molar-refractivity contribution in [3.8, 4) is 0 Å². The molecule has 1 unspecified atom stereocenters. The Morgan fingerprint density at radius 3 is 2.93 bits per heavy atom. The van der Waals surface area contributed by atoms with Gasteiger partial charge in [0, 0.05) is 25.5 Å². The Morgan fingerprint density at radius 1 is 1.50 bits per heavy atom. The minimum Gasteiger partial charge on any atom is -0.354 e. The number of halogens is 1. The molecule has 0 N–H and O–H groups in total. The summed E-state index contributed by atoms with van der Waals surface area (Å²) in [6.07, 6.45) is 5.79. The standard InChI is InChI=1S/C10H14ClN3/c1-2-8-3-6-14(7-8)10-9(11)12-4-5-13-10/h4-5,8H,2-3,6-7H2,1H3. The molecule has 4 heteroatoms. The van der Waals surface area contributed by atoms with Crippen molar-refractivity contribution in [3.63, 3.8) is 0 Å². The maximum Gasteiger partial charge on any atom is 0.171 e. The largest absolute Gasteiger partial charge is 0.354 e. The molecule has 0 aromatic carbocycles. The van der Waals surface area contributed by atoms with Crippen LogP contribution in [-0.2, 0) is 0 Å². The van der Waals surface area contributed by atoms with Gasteiger partial charge >= 0.3 is 0 Å².